The molecule has 1 saturated heterocycles. The van der Waals surface area contributed by atoms with Crippen molar-refractivity contribution in [3.8, 4) is 0 Å². The Bertz CT molecular complexity index is 707. The fraction of sp³-hybridized carbons (Fsp3) is 0.500. The van der Waals surface area contributed by atoms with Gasteiger partial charge >= 0.3 is 0 Å². The van der Waals surface area contributed by atoms with Crippen LogP contribution in [0.5, 0.6) is 0 Å². The molecular weight excluding hydrogens is 278 g/mol. The maximum Gasteiger partial charge on any atom is 0.257 e. The molecule has 1 atom stereocenters. The molecule has 1 aliphatic carbocycles. The SMILES string of the molecule is Cc1ncc2c(n1)C1(CCCN(C(=O)c3cn[nH]c3)C1)CC2. The molecule has 2 aromatic heterocycles. The van der Waals surface area contributed by atoms with E-state index in [1.54, 1.807) is 12.4 Å². The molecule has 1 fully saturated rings. The van der Waals surface area contributed by atoms with Crippen LogP contribution in [-0.4, -0.2) is 44.1 Å². The van der Waals surface area contributed by atoms with Crippen LogP contribution in [0.25, 0.3) is 0 Å². The lowest BCUT2D eigenvalue weighted by atomic mass is 9.77. The lowest BCUT2D eigenvalue weighted by Crippen LogP contribution is -2.48. The maximum atomic E-state index is 12.6. The molecule has 0 bridgehead atoms. The van der Waals surface area contributed by atoms with Gasteiger partial charge in [-0.05, 0) is 38.2 Å². The van der Waals surface area contributed by atoms with E-state index in [1.165, 1.54) is 11.3 Å². The number of piperidine rings is 1. The number of carbonyl (C=O) groups excluding carboxylic acids is 1. The first-order chi connectivity index (χ1) is 10.7. The predicted octanol–water partition coefficient (Wildman–Crippen LogP) is 1.63. The molecule has 4 rings (SSSR count). The monoisotopic (exact) mass is 297 g/mol. The molecular formula is C16H19N5O. The average Bonchev–Trinajstić information content (AvgIpc) is 3.17. The Morgan fingerprint density at radius 1 is 1.36 bits per heavy atom. The van der Waals surface area contributed by atoms with Gasteiger partial charge in [-0.2, -0.15) is 5.10 Å². The lowest BCUT2D eigenvalue weighted by molar-refractivity contribution is 0.0633. The Labute approximate surface area is 129 Å². The van der Waals surface area contributed by atoms with Crippen LogP contribution in [0.1, 0.15) is 46.7 Å². The minimum absolute atomic E-state index is 0.0146. The van der Waals surface area contributed by atoms with E-state index >= 15 is 0 Å². The molecule has 114 valence electrons. The highest BCUT2D eigenvalue weighted by Gasteiger charge is 2.44. The molecule has 2 aromatic rings. The van der Waals surface area contributed by atoms with Gasteiger partial charge in [-0.1, -0.05) is 0 Å². The summed E-state index contributed by atoms with van der Waals surface area (Å²) in [6.07, 6.45) is 9.43. The number of aromatic amines is 1. The molecule has 6 heteroatoms. The fourth-order valence-electron chi connectivity index (χ4n) is 3.88. The zero-order valence-corrected chi connectivity index (χ0v) is 12.7. The van der Waals surface area contributed by atoms with Crippen LogP contribution in [0.15, 0.2) is 18.6 Å². The molecule has 22 heavy (non-hydrogen) atoms. The summed E-state index contributed by atoms with van der Waals surface area (Å²) in [6.45, 7) is 3.50. The topological polar surface area (TPSA) is 74.8 Å². The number of aromatic nitrogens is 4. The fourth-order valence-corrected chi connectivity index (χ4v) is 3.88. The summed E-state index contributed by atoms with van der Waals surface area (Å²) in [4.78, 5) is 23.6. The Morgan fingerprint density at radius 3 is 3.09 bits per heavy atom. The zero-order valence-electron chi connectivity index (χ0n) is 12.7. The lowest BCUT2D eigenvalue weighted by Gasteiger charge is -2.40. The van der Waals surface area contributed by atoms with E-state index in [0.29, 0.717) is 5.56 Å². The number of carbonyl (C=O) groups is 1. The Kier molecular flexibility index (Phi) is 2.99. The molecule has 1 spiro atoms. The van der Waals surface area contributed by atoms with Crippen molar-refractivity contribution < 1.29 is 4.79 Å². The molecule has 0 aromatic carbocycles. The normalized spacial score (nSPS) is 23.8. The third-order valence-corrected chi connectivity index (χ3v) is 4.97. The molecule has 1 unspecified atom stereocenters. The minimum atomic E-state index is 0.0146. The average molecular weight is 297 g/mol. The van der Waals surface area contributed by atoms with Crippen LogP contribution in [-0.2, 0) is 11.8 Å². The second-order valence-electron chi connectivity index (χ2n) is 6.39. The molecule has 0 saturated carbocycles. The van der Waals surface area contributed by atoms with Crippen LogP contribution < -0.4 is 0 Å². The number of amides is 1. The number of rotatable bonds is 1. The molecule has 6 nitrogen and oxygen atoms in total. The van der Waals surface area contributed by atoms with Gasteiger partial charge in [0.2, 0.25) is 0 Å². The summed E-state index contributed by atoms with van der Waals surface area (Å²) in [6, 6.07) is 0. The van der Waals surface area contributed by atoms with E-state index < -0.39 is 0 Å². The van der Waals surface area contributed by atoms with Gasteiger partial charge in [0.15, 0.2) is 0 Å². The molecule has 1 aliphatic heterocycles. The van der Waals surface area contributed by atoms with Gasteiger partial charge in [0.1, 0.15) is 5.82 Å². The first-order valence-corrected chi connectivity index (χ1v) is 7.79. The first-order valence-electron chi connectivity index (χ1n) is 7.79. The molecule has 3 heterocycles. The van der Waals surface area contributed by atoms with Gasteiger partial charge in [-0.25, -0.2) is 9.97 Å². The van der Waals surface area contributed by atoms with E-state index in [4.69, 9.17) is 4.98 Å². The number of fused-ring (bicyclic) bond motifs is 2. The Morgan fingerprint density at radius 2 is 2.27 bits per heavy atom. The summed E-state index contributed by atoms with van der Waals surface area (Å²) in [5.74, 6) is 0.880. The van der Waals surface area contributed by atoms with E-state index in [0.717, 1.165) is 44.6 Å². The van der Waals surface area contributed by atoms with Gasteiger partial charge in [0, 0.05) is 30.9 Å². The van der Waals surface area contributed by atoms with Crippen molar-refractivity contribution in [3.05, 3.63) is 41.2 Å². The standard InChI is InChI=1S/C16H19N5O/c1-11-17-7-12-3-5-16(14(12)20-11)4-2-6-21(10-16)15(22)13-8-18-19-9-13/h7-9H,2-6,10H2,1H3,(H,18,19). The van der Waals surface area contributed by atoms with Crippen LogP contribution in [0.4, 0.5) is 0 Å². The summed E-state index contributed by atoms with van der Waals surface area (Å²) in [5, 5.41) is 6.60. The highest BCUT2D eigenvalue weighted by Crippen LogP contribution is 2.43. The van der Waals surface area contributed by atoms with Crippen molar-refractivity contribution >= 4 is 5.91 Å². The molecule has 0 radical (unpaired) electrons. The van der Waals surface area contributed by atoms with Gasteiger partial charge < -0.3 is 4.90 Å². The molecule has 2 aliphatic rings. The summed E-state index contributed by atoms with van der Waals surface area (Å²) in [7, 11) is 0. The van der Waals surface area contributed by atoms with E-state index in [2.05, 4.69) is 15.2 Å². The largest absolute Gasteiger partial charge is 0.338 e. The van der Waals surface area contributed by atoms with Crippen LogP contribution >= 0.6 is 0 Å². The summed E-state index contributed by atoms with van der Waals surface area (Å²) < 4.78 is 0. The van der Waals surface area contributed by atoms with Crippen molar-refractivity contribution in [1.82, 2.24) is 25.1 Å². The van der Waals surface area contributed by atoms with Gasteiger partial charge in [0.25, 0.3) is 5.91 Å². The zero-order chi connectivity index (χ0) is 15.2. The van der Waals surface area contributed by atoms with E-state index in [-0.39, 0.29) is 11.3 Å². The number of aryl methyl sites for hydroxylation is 2. The highest BCUT2D eigenvalue weighted by atomic mass is 16.2. The predicted molar refractivity (Wildman–Crippen MR) is 80.5 cm³/mol. The first kappa shape index (κ1) is 13.4. The van der Waals surface area contributed by atoms with Crippen molar-refractivity contribution in [3.63, 3.8) is 0 Å². The van der Waals surface area contributed by atoms with E-state index in [9.17, 15) is 4.79 Å². The van der Waals surface area contributed by atoms with E-state index in [1.807, 2.05) is 18.0 Å². The van der Waals surface area contributed by atoms with Crippen molar-refractivity contribution in [2.45, 2.75) is 38.0 Å². The second-order valence-corrected chi connectivity index (χ2v) is 6.39. The number of H-pyrrole nitrogens is 1. The number of hydrogen-bond donors (Lipinski definition) is 1. The third kappa shape index (κ3) is 2.01. The highest BCUT2D eigenvalue weighted by molar-refractivity contribution is 5.93. The number of nitrogens with zero attached hydrogens (tertiary/aromatic N) is 4. The van der Waals surface area contributed by atoms with Crippen molar-refractivity contribution in [1.29, 1.82) is 0 Å². The summed E-state index contributed by atoms with van der Waals surface area (Å²) >= 11 is 0. The van der Waals surface area contributed by atoms with Crippen molar-refractivity contribution in [2.24, 2.45) is 0 Å². The third-order valence-electron chi connectivity index (χ3n) is 4.97. The van der Waals surface area contributed by atoms with Gasteiger partial charge in [-0.15, -0.1) is 0 Å². The van der Waals surface area contributed by atoms with Crippen LogP contribution in [0.3, 0.4) is 0 Å². The smallest absolute Gasteiger partial charge is 0.257 e. The number of likely N-dealkylation sites (tertiary alicyclic amines) is 1. The number of hydrogen-bond acceptors (Lipinski definition) is 4. The number of nitrogens with one attached hydrogen (secondary N) is 1. The Balaban J connectivity index is 1.65. The van der Waals surface area contributed by atoms with Gasteiger partial charge in [0.05, 0.1) is 17.5 Å². The van der Waals surface area contributed by atoms with Gasteiger partial charge in [-0.3, -0.25) is 9.89 Å². The Hall–Kier alpha value is -2.24. The van der Waals surface area contributed by atoms with Crippen LogP contribution in [0.2, 0.25) is 0 Å². The molecule has 1 N–H and O–H groups in total. The minimum Gasteiger partial charge on any atom is -0.338 e. The second kappa shape index (κ2) is 4.90. The maximum absolute atomic E-state index is 12.6. The van der Waals surface area contributed by atoms with Crippen LogP contribution in [0, 0.1) is 6.92 Å². The molecule has 1 amide bonds. The van der Waals surface area contributed by atoms with Crippen molar-refractivity contribution in [2.75, 3.05) is 13.1 Å². The summed E-state index contributed by atoms with van der Waals surface area (Å²) in [5.41, 5.74) is 3.07. The quantitative estimate of drug-likeness (QED) is 0.868.